The molecule has 3 aromatic carbocycles. The summed E-state index contributed by atoms with van der Waals surface area (Å²) in [6.07, 6.45) is -5.27. The SMILES string of the molecule is CC1(C)OC[C@H](CO[C@H]2O[C@H](COP(=O)(OCCC#N)OC[C@H](CO)N=[N+]=[N-])[C@@H](OCc3ccccc3)[C@H](OCc3ccccc3)[C@H]2OCc2ccccc2)O1. The Morgan fingerprint density at radius 1 is 0.857 bits per heavy atom. The minimum Gasteiger partial charge on any atom is -0.396 e. The third-order valence-corrected chi connectivity index (χ3v) is 10.1. The summed E-state index contributed by atoms with van der Waals surface area (Å²) in [4.78, 5) is 2.69. The van der Waals surface area contributed by atoms with E-state index in [4.69, 9.17) is 57.5 Å². The summed E-state index contributed by atoms with van der Waals surface area (Å²) in [5.41, 5.74) is 11.6. The highest BCUT2D eigenvalue weighted by atomic mass is 31.2. The van der Waals surface area contributed by atoms with Crippen molar-refractivity contribution in [3.63, 3.8) is 0 Å². The van der Waals surface area contributed by atoms with Gasteiger partial charge in [0.15, 0.2) is 12.1 Å². The standard InChI is InChI=1S/C39H49N4O12P/c1-39(2)50-27-33(55-39)26-49-38-37(48-24-31-17-10-5-11-18-31)36(47-23-30-15-8-4-9-16-30)35(46-22-29-13-6-3-7-14-29)34(54-38)28-53-56(45,51-20-12-19-40)52-25-32(21-44)42-43-41/h3-11,13-18,32-38,44H,12,20-28H2,1-2H3/t32-,33-,34+,35+,36-,37+,38-,56?/m0/s1. The quantitative estimate of drug-likeness (QED) is 0.0365. The molecule has 5 rings (SSSR count). The van der Waals surface area contributed by atoms with Gasteiger partial charge in [-0.25, -0.2) is 4.57 Å². The molecule has 2 saturated heterocycles. The van der Waals surface area contributed by atoms with Crippen molar-refractivity contribution in [1.82, 2.24) is 0 Å². The van der Waals surface area contributed by atoms with Crippen molar-refractivity contribution in [2.75, 3.05) is 39.6 Å². The summed E-state index contributed by atoms with van der Waals surface area (Å²) in [7, 11) is -4.46. The molecule has 2 aliphatic rings. The van der Waals surface area contributed by atoms with Gasteiger partial charge in [0.25, 0.3) is 0 Å². The van der Waals surface area contributed by atoms with Gasteiger partial charge >= 0.3 is 7.82 Å². The Labute approximate surface area is 326 Å². The van der Waals surface area contributed by atoms with E-state index in [1.807, 2.05) is 111 Å². The topological polar surface area (TPSA) is 202 Å². The normalized spacial score (nSPS) is 24.8. The predicted molar refractivity (Wildman–Crippen MR) is 200 cm³/mol. The van der Waals surface area contributed by atoms with E-state index in [0.29, 0.717) is 6.61 Å². The van der Waals surface area contributed by atoms with Crippen LogP contribution in [0.1, 0.15) is 37.0 Å². The average molecular weight is 797 g/mol. The number of benzene rings is 3. The van der Waals surface area contributed by atoms with Crippen molar-refractivity contribution in [3.05, 3.63) is 118 Å². The van der Waals surface area contributed by atoms with Gasteiger partial charge in [-0.1, -0.05) is 96.1 Å². The highest BCUT2D eigenvalue weighted by molar-refractivity contribution is 7.48. The molecule has 0 aliphatic carbocycles. The van der Waals surface area contributed by atoms with Crippen molar-refractivity contribution < 1.29 is 56.4 Å². The van der Waals surface area contributed by atoms with Gasteiger partial charge in [0, 0.05) is 4.91 Å². The van der Waals surface area contributed by atoms with Gasteiger partial charge in [-0.05, 0) is 36.1 Å². The molecule has 0 radical (unpaired) electrons. The second kappa shape index (κ2) is 22.3. The van der Waals surface area contributed by atoms with Crippen LogP contribution >= 0.6 is 7.82 Å². The molecule has 2 fully saturated rings. The third-order valence-electron chi connectivity index (χ3n) is 8.67. The average Bonchev–Trinajstić information content (AvgIpc) is 3.58. The molecule has 0 bridgehead atoms. The van der Waals surface area contributed by atoms with Crippen molar-refractivity contribution in [3.8, 4) is 6.07 Å². The first-order valence-corrected chi connectivity index (χ1v) is 19.8. The van der Waals surface area contributed by atoms with E-state index in [0.717, 1.165) is 16.7 Å². The maximum atomic E-state index is 14.0. The lowest BCUT2D eigenvalue weighted by Gasteiger charge is -2.46. The van der Waals surface area contributed by atoms with Crippen molar-refractivity contribution in [2.45, 2.75) is 88.7 Å². The number of rotatable bonds is 23. The van der Waals surface area contributed by atoms with Crippen molar-refractivity contribution in [2.24, 2.45) is 5.11 Å². The number of ether oxygens (including phenoxy) is 7. The first-order valence-electron chi connectivity index (χ1n) is 18.3. The first-order chi connectivity index (χ1) is 27.2. The fraction of sp³-hybridized carbons (Fsp3) is 0.513. The van der Waals surface area contributed by atoms with Crippen LogP contribution in [-0.2, 0) is 71.1 Å². The molecular weight excluding hydrogens is 747 g/mol. The zero-order valence-electron chi connectivity index (χ0n) is 31.4. The summed E-state index contributed by atoms with van der Waals surface area (Å²) in [6, 6.07) is 29.6. The summed E-state index contributed by atoms with van der Waals surface area (Å²) >= 11 is 0. The lowest BCUT2D eigenvalue weighted by atomic mass is 9.98. The van der Waals surface area contributed by atoms with Crippen LogP contribution < -0.4 is 0 Å². The molecule has 16 nitrogen and oxygen atoms in total. The van der Waals surface area contributed by atoms with Gasteiger partial charge in [-0.15, -0.1) is 0 Å². The van der Waals surface area contributed by atoms with Gasteiger partial charge in [-0.2, -0.15) is 5.26 Å². The largest absolute Gasteiger partial charge is 0.474 e. The molecule has 0 aromatic heterocycles. The Balaban J connectivity index is 1.47. The summed E-state index contributed by atoms with van der Waals surface area (Å²) < 4.78 is 75.6. The molecule has 302 valence electrons. The monoisotopic (exact) mass is 796 g/mol. The number of aliphatic hydroxyl groups excluding tert-OH is 1. The molecule has 0 saturated carbocycles. The van der Waals surface area contributed by atoms with Crippen LogP contribution in [0, 0.1) is 11.3 Å². The predicted octanol–water partition coefficient (Wildman–Crippen LogP) is 6.38. The lowest BCUT2D eigenvalue weighted by molar-refractivity contribution is -0.329. The van der Waals surface area contributed by atoms with Gasteiger partial charge in [-0.3, -0.25) is 13.6 Å². The Hall–Kier alpha value is -3.75. The summed E-state index contributed by atoms with van der Waals surface area (Å²) in [5.74, 6) is -0.793. The van der Waals surface area contributed by atoms with Crippen LogP contribution in [0.2, 0.25) is 0 Å². The Morgan fingerprint density at radius 3 is 1.95 bits per heavy atom. The molecule has 1 N–H and O–H groups in total. The first kappa shape index (κ1) is 43.4. The van der Waals surface area contributed by atoms with Crippen LogP contribution in [0.25, 0.3) is 10.4 Å². The van der Waals surface area contributed by atoms with E-state index in [1.54, 1.807) is 0 Å². The Morgan fingerprint density at radius 2 is 1.43 bits per heavy atom. The number of hydrogen-bond donors (Lipinski definition) is 1. The number of aliphatic hydroxyl groups is 1. The van der Waals surface area contributed by atoms with E-state index in [2.05, 4.69) is 10.0 Å². The fourth-order valence-electron chi connectivity index (χ4n) is 5.91. The van der Waals surface area contributed by atoms with Crippen molar-refractivity contribution in [1.29, 1.82) is 5.26 Å². The third kappa shape index (κ3) is 13.7. The highest BCUT2D eigenvalue weighted by Gasteiger charge is 2.50. The molecule has 2 heterocycles. The number of phosphoric ester groups is 1. The maximum Gasteiger partial charge on any atom is 0.474 e. The molecular formula is C39H49N4O12P. The molecule has 0 spiro atoms. The van der Waals surface area contributed by atoms with Crippen LogP contribution in [0.3, 0.4) is 0 Å². The maximum absolute atomic E-state index is 14.0. The van der Waals surface area contributed by atoms with E-state index >= 15 is 0 Å². The summed E-state index contributed by atoms with van der Waals surface area (Å²) in [5, 5.41) is 22.2. The van der Waals surface area contributed by atoms with Gasteiger partial charge in [0.05, 0.1) is 78.0 Å². The summed E-state index contributed by atoms with van der Waals surface area (Å²) in [6.45, 7) is 2.73. The minimum atomic E-state index is -4.46. The van der Waals surface area contributed by atoms with Crippen molar-refractivity contribution >= 4 is 7.82 Å². The molecule has 1 unspecified atom stereocenters. The molecule has 3 aromatic rings. The zero-order valence-corrected chi connectivity index (χ0v) is 32.3. The Kier molecular flexibility index (Phi) is 17.2. The van der Waals surface area contributed by atoms with Gasteiger partial charge in [0.2, 0.25) is 0 Å². The van der Waals surface area contributed by atoms with Gasteiger partial charge in [0.1, 0.15) is 30.5 Å². The van der Waals surface area contributed by atoms with Crippen LogP contribution in [0.5, 0.6) is 0 Å². The molecule has 8 atom stereocenters. The number of nitrogens with zero attached hydrogens (tertiary/aromatic N) is 4. The Bertz CT molecular complexity index is 1730. The number of phosphoric acid groups is 1. The highest BCUT2D eigenvalue weighted by Crippen LogP contribution is 2.50. The number of hydrogen-bond acceptors (Lipinski definition) is 14. The smallest absolute Gasteiger partial charge is 0.396 e. The van der Waals surface area contributed by atoms with E-state index in [1.165, 1.54) is 0 Å². The minimum absolute atomic E-state index is 0.0780. The van der Waals surface area contributed by atoms with Crippen LogP contribution in [0.15, 0.2) is 96.1 Å². The lowest BCUT2D eigenvalue weighted by Crippen LogP contribution is -2.62. The number of azide groups is 1. The molecule has 2 aliphatic heterocycles. The fourth-order valence-corrected chi connectivity index (χ4v) is 7.14. The van der Waals surface area contributed by atoms with E-state index in [9.17, 15) is 9.67 Å². The van der Waals surface area contributed by atoms with E-state index in [-0.39, 0.29) is 39.5 Å². The second-order valence-corrected chi connectivity index (χ2v) is 15.1. The van der Waals surface area contributed by atoms with Crippen LogP contribution in [0.4, 0.5) is 0 Å². The van der Waals surface area contributed by atoms with Gasteiger partial charge < -0.3 is 38.3 Å². The van der Waals surface area contributed by atoms with Crippen LogP contribution in [-0.4, -0.2) is 93.4 Å². The molecule has 0 amide bonds. The van der Waals surface area contributed by atoms with E-state index < -0.39 is 76.3 Å². The number of nitriles is 1. The molecule has 17 heteroatoms. The zero-order chi connectivity index (χ0) is 39.6. The molecule has 56 heavy (non-hydrogen) atoms. The second-order valence-electron chi connectivity index (χ2n) is 13.4.